The number of rotatable bonds is 8. The van der Waals surface area contributed by atoms with Crippen LogP contribution in [-0.4, -0.2) is 31.2 Å². The van der Waals surface area contributed by atoms with E-state index in [1.54, 1.807) is 13.8 Å². The Morgan fingerprint density at radius 3 is 2.05 bits per heavy atom. The van der Waals surface area contributed by atoms with E-state index in [4.69, 9.17) is 15.2 Å². The normalized spacial score (nSPS) is 14.3. The molecule has 0 aliphatic heterocycles. The van der Waals surface area contributed by atoms with Gasteiger partial charge >= 0.3 is 11.9 Å². The molecule has 0 heterocycles. The zero-order chi connectivity index (χ0) is 15.0. The highest BCUT2D eigenvalue weighted by molar-refractivity contribution is 5.72. The molecule has 0 amide bonds. The van der Waals surface area contributed by atoms with Gasteiger partial charge in [-0.05, 0) is 12.3 Å². The molecule has 5 heteroatoms. The Kier molecular flexibility index (Phi) is 8.39. The van der Waals surface area contributed by atoms with Crippen LogP contribution in [0.25, 0.3) is 0 Å². The monoisotopic (exact) mass is 273 g/mol. The Morgan fingerprint density at radius 2 is 1.63 bits per heavy atom. The zero-order valence-electron chi connectivity index (χ0n) is 12.6. The van der Waals surface area contributed by atoms with Gasteiger partial charge in [0, 0.05) is 6.54 Å². The molecule has 0 aromatic rings. The van der Waals surface area contributed by atoms with Gasteiger partial charge in [0.05, 0.1) is 11.8 Å². The fourth-order valence-corrected chi connectivity index (χ4v) is 1.57. The van der Waals surface area contributed by atoms with E-state index >= 15 is 0 Å². The van der Waals surface area contributed by atoms with Gasteiger partial charge in [0.15, 0.2) is 0 Å². The summed E-state index contributed by atoms with van der Waals surface area (Å²) in [6.45, 7) is 9.59. The molecular formula is C14H27NO4. The van der Waals surface area contributed by atoms with Crippen LogP contribution in [0.4, 0.5) is 0 Å². The van der Waals surface area contributed by atoms with Crippen LogP contribution < -0.4 is 5.73 Å². The highest BCUT2D eigenvalue weighted by atomic mass is 16.6. The minimum atomic E-state index is -0.565. The molecule has 0 saturated heterocycles. The van der Waals surface area contributed by atoms with Gasteiger partial charge in [-0.3, -0.25) is 9.59 Å². The molecule has 2 N–H and O–H groups in total. The summed E-state index contributed by atoms with van der Waals surface area (Å²) in [6.07, 6.45) is 0.211. The van der Waals surface area contributed by atoms with Crippen molar-refractivity contribution in [1.29, 1.82) is 0 Å². The summed E-state index contributed by atoms with van der Waals surface area (Å²) in [7, 11) is 0. The summed E-state index contributed by atoms with van der Waals surface area (Å²) in [5.74, 6) is -0.537. The quantitative estimate of drug-likeness (QED) is 0.681. The molecule has 0 fully saturated rings. The van der Waals surface area contributed by atoms with Crippen molar-refractivity contribution in [2.24, 2.45) is 23.5 Å². The maximum atomic E-state index is 11.7. The third-order valence-corrected chi connectivity index (χ3v) is 2.66. The summed E-state index contributed by atoms with van der Waals surface area (Å²) in [5, 5.41) is 0. The van der Waals surface area contributed by atoms with Gasteiger partial charge < -0.3 is 15.2 Å². The van der Waals surface area contributed by atoms with Crippen LogP contribution in [0.15, 0.2) is 0 Å². The number of hydrogen-bond donors (Lipinski definition) is 1. The second kappa shape index (κ2) is 8.91. The Morgan fingerprint density at radius 1 is 1.05 bits per heavy atom. The van der Waals surface area contributed by atoms with E-state index in [2.05, 4.69) is 13.8 Å². The number of hydrogen-bond acceptors (Lipinski definition) is 5. The molecule has 2 unspecified atom stereocenters. The summed E-state index contributed by atoms with van der Waals surface area (Å²) in [6, 6.07) is 0. The summed E-state index contributed by atoms with van der Waals surface area (Å²) < 4.78 is 10.3. The van der Waals surface area contributed by atoms with Crippen molar-refractivity contribution >= 4 is 11.9 Å². The van der Waals surface area contributed by atoms with Crippen molar-refractivity contribution in [3.63, 3.8) is 0 Å². The van der Waals surface area contributed by atoms with Gasteiger partial charge in [-0.15, -0.1) is 0 Å². The SMILES string of the molecule is CC(C)CC(C)C(=O)OCC(CN)OC(=O)C(C)C. The fraction of sp³-hybridized carbons (Fsp3) is 0.857. The lowest BCUT2D eigenvalue weighted by molar-refractivity contribution is -0.162. The van der Waals surface area contributed by atoms with Crippen LogP contribution in [0.3, 0.4) is 0 Å². The van der Waals surface area contributed by atoms with E-state index in [-0.39, 0.29) is 36.9 Å². The highest BCUT2D eigenvalue weighted by Gasteiger charge is 2.20. The molecule has 2 atom stereocenters. The van der Waals surface area contributed by atoms with Crippen molar-refractivity contribution in [3.05, 3.63) is 0 Å². The molecular weight excluding hydrogens is 246 g/mol. The van der Waals surface area contributed by atoms with Crippen LogP contribution in [0.1, 0.15) is 41.0 Å². The highest BCUT2D eigenvalue weighted by Crippen LogP contribution is 2.12. The minimum Gasteiger partial charge on any atom is -0.461 e. The average Bonchev–Trinajstić information content (AvgIpc) is 2.32. The van der Waals surface area contributed by atoms with Gasteiger partial charge in [-0.2, -0.15) is 0 Å². The van der Waals surface area contributed by atoms with Crippen molar-refractivity contribution in [3.8, 4) is 0 Å². The molecule has 0 aliphatic rings. The van der Waals surface area contributed by atoms with Gasteiger partial charge in [-0.25, -0.2) is 0 Å². The first kappa shape index (κ1) is 17.9. The Hall–Kier alpha value is -1.10. The van der Waals surface area contributed by atoms with E-state index in [1.165, 1.54) is 0 Å². The van der Waals surface area contributed by atoms with Crippen molar-refractivity contribution < 1.29 is 19.1 Å². The summed E-state index contributed by atoms with van der Waals surface area (Å²) >= 11 is 0. The number of nitrogens with two attached hydrogens (primary N) is 1. The molecule has 0 rings (SSSR count). The predicted octanol–water partition coefficient (Wildman–Crippen LogP) is 1.74. The van der Waals surface area contributed by atoms with E-state index in [9.17, 15) is 9.59 Å². The van der Waals surface area contributed by atoms with Crippen molar-refractivity contribution in [1.82, 2.24) is 0 Å². The van der Waals surface area contributed by atoms with Crippen LogP contribution in [-0.2, 0) is 19.1 Å². The van der Waals surface area contributed by atoms with Crippen LogP contribution >= 0.6 is 0 Å². The predicted molar refractivity (Wildman–Crippen MR) is 73.4 cm³/mol. The largest absolute Gasteiger partial charge is 0.461 e. The lowest BCUT2D eigenvalue weighted by Crippen LogP contribution is -2.34. The molecule has 0 aromatic carbocycles. The van der Waals surface area contributed by atoms with Crippen LogP contribution in [0.5, 0.6) is 0 Å². The van der Waals surface area contributed by atoms with E-state index in [0.29, 0.717) is 5.92 Å². The topological polar surface area (TPSA) is 78.6 Å². The van der Waals surface area contributed by atoms with Crippen molar-refractivity contribution in [2.45, 2.75) is 47.1 Å². The molecule has 0 aliphatic carbocycles. The number of esters is 2. The second-order valence-corrected chi connectivity index (χ2v) is 5.61. The van der Waals surface area contributed by atoms with Gasteiger partial charge in [-0.1, -0.05) is 34.6 Å². The maximum absolute atomic E-state index is 11.7. The molecule has 0 spiro atoms. The summed E-state index contributed by atoms with van der Waals surface area (Å²) in [4.78, 5) is 23.1. The van der Waals surface area contributed by atoms with Crippen LogP contribution in [0, 0.1) is 17.8 Å². The van der Waals surface area contributed by atoms with Gasteiger partial charge in [0.25, 0.3) is 0 Å². The van der Waals surface area contributed by atoms with Crippen molar-refractivity contribution in [2.75, 3.05) is 13.2 Å². The maximum Gasteiger partial charge on any atom is 0.308 e. The summed E-state index contributed by atoms with van der Waals surface area (Å²) in [5.41, 5.74) is 5.50. The van der Waals surface area contributed by atoms with Crippen LogP contribution in [0.2, 0.25) is 0 Å². The second-order valence-electron chi connectivity index (χ2n) is 5.61. The third kappa shape index (κ3) is 7.82. The Labute approximate surface area is 115 Å². The lowest BCUT2D eigenvalue weighted by atomic mass is 9.99. The van der Waals surface area contributed by atoms with Gasteiger partial charge in [0.1, 0.15) is 12.7 Å². The smallest absolute Gasteiger partial charge is 0.308 e. The lowest BCUT2D eigenvalue weighted by Gasteiger charge is -2.19. The number of carbonyl (C=O) groups excluding carboxylic acids is 2. The van der Waals surface area contributed by atoms with E-state index in [1.807, 2.05) is 6.92 Å². The van der Waals surface area contributed by atoms with E-state index in [0.717, 1.165) is 6.42 Å². The molecule has 19 heavy (non-hydrogen) atoms. The average molecular weight is 273 g/mol. The minimum absolute atomic E-state index is 0.0240. The third-order valence-electron chi connectivity index (χ3n) is 2.66. The first-order valence-corrected chi connectivity index (χ1v) is 6.85. The fourth-order valence-electron chi connectivity index (χ4n) is 1.57. The van der Waals surface area contributed by atoms with Gasteiger partial charge in [0.2, 0.25) is 0 Å². The molecule has 112 valence electrons. The first-order valence-electron chi connectivity index (χ1n) is 6.85. The molecule has 0 aromatic heterocycles. The molecule has 5 nitrogen and oxygen atoms in total. The zero-order valence-corrected chi connectivity index (χ0v) is 12.6. The first-order chi connectivity index (χ1) is 8.77. The standard InChI is InChI=1S/C14H27NO4/c1-9(2)6-11(5)14(17)18-8-12(7-15)19-13(16)10(3)4/h9-12H,6-8,15H2,1-5H3. The Balaban J connectivity index is 4.13. The molecule has 0 bridgehead atoms. The van der Waals surface area contributed by atoms with E-state index < -0.39 is 6.10 Å². The molecule has 0 saturated carbocycles. The molecule has 0 radical (unpaired) electrons. The number of carbonyl (C=O) groups is 2. The Bertz CT molecular complexity index is 289. The number of ether oxygens (including phenoxy) is 2.